The Kier molecular flexibility index (Phi) is 6.28. The molecule has 3 aromatic carbocycles. The van der Waals surface area contributed by atoms with Crippen molar-refractivity contribution in [2.24, 2.45) is 5.73 Å². The van der Waals surface area contributed by atoms with Gasteiger partial charge >= 0.3 is 0 Å². The fourth-order valence-corrected chi connectivity index (χ4v) is 4.21. The lowest BCUT2D eigenvalue weighted by Gasteiger charge is -2.16. The lowest BCUT2D eigenvalue weighted by molar-refractivity contribution is -0.115. The Hall–Kier alpha value is -3.91. The second-order valence-electron chi connectivity index (χ2n) is 7.58. The molecule has 0 saturated carbocycles. The minimum atomic E-state index is -0.550. The molecule has 0 aliphatic rings. The van der Waals surface area contributed by atoms with E-state index in [1.54, 1.807) is 49.4 Å². The number of hydrogen-bond acceptors (Lipinski definition) is 5. The maximum absolute atomic E-state index is 13.3. The maximum Gasteiger partial charge on any atom is 0.266 e. The summed E-state index contributed by atoms with van der Waals surface area (Å²) in [5.41, 5.74) is 8.29. The van der Waals surface area contributed by atoms with Crippen molar-refractivity contribution < 1.29 is 9.59 Å². The highest BCUT2D eigenvalue weighted by molar-refractivity contribution is 8.00. The SMILES string of the molecule is Cc1ccc(-n2c(SC(C)C(=O)Nc3ccc(C(N)=O)cc3)nc3ccccc3c2=O)cc1. The molecule has 7 nitrogen and oxygen atoms in total. The molecule has 0 spiro atoms. The molecule has 166 valence electrons. The van der Waals surface area contributed by atoms with Gasteiger partial charge in [-0.2, -0.15) is 0 Å². The number of anilines is 1. The lowest BCUT2D eigenvalue weighted by Crippen LogP contribution is -2.26. The number of aromatic nitrogens is 2. The third-order valence-electron chi connectivity index (χ3n) is 5.13. The van der Waals surface area contributed by atoms with Crippen LogP contribution in [0, 0.1) is 6.92 Å². The number of nitrogens with one attached hydrogen (secondary N) is 1. The molecule has 1 aromatic heterocycles. The summed E-state index contributed by atoms with van der Waals surface area (Å²) in [4.78, 5) is 42.1. The van der Waals surface area contributed by atoms with Crippen molar-refractivity contribution in [1.82, 2.24) is 9.55 Å². The third kappa shape index (κ3) is 4.80. The number of fused-ring (bicyclic) bond motifs is 1. The monoisotopic (exact) mass is 458 g/mol. The Morgan fingerprint density at radius 2 is 1.67 bits per heavy atom. The molecule has 3 N–H and O–H groups in total. The van der Waals surface area contributed by atoms with E-state index >= 15 is 0 Å². The lowest BCUT2D eigenvalue weighted by atomic mass is 10.2. The highest BCUT2D eigenvalue weighted by atomic mass is 32.2. The topological polar surface area (TPSA) is 107 Å². The first-order chi connectivity index (χ1) is 15.8. The largest absolute Gasteiger partial charge is 0.366 e. The van der Waals surface area contributed by atoms with Crippen molar-refractivity contribution >= 4 is 40.2 Å². The molecule has 1 atom stereocenters. The van der Waals surface area contributed by atoms with Crippen LogP contribution in [0.2, 0.25) is 0 Å². The summed E-state index contributed by atoms with van der Waals surface area (Å²) in [7, 11) is 0. The smallest absolute Gasteiger partial charge is 0.266 e. The number of carbonyl (C=O) groups excluding carboxylic acids is 2. The Morgan fingerprint density at radius 3 is 2.33 bits per heavy atom. The van der Waals surface area contributed by atoms with Gasteiger partial charge in [-0.25, -0.2) is 4.98 Å². The number of carbonyl (C=O) groups is 2. The number of benzene rings is 3. The summed E-state index contributed by atoms with van der Waals surface area (Å²) in [6.07, 6.45) is 0. The van der Waals surface area contributed by atoms with Gasteiger partial charge in [-0.1, -0.05) is 41.6 Å². The van der Waals surface area contributed by atoms with Gasteiger partial charge in [0.05, 0.1) is 21.8 Å². The van der Waals surface area contributed by atoms with Crippen molar-refractivity contribution in [1.29, 1.82) is 0 Å². The highest BCUT2D eigenvalue weighted by Gasteiger charge is 2.20. The number of amides is 2. The molecule has 8 heteroatoms. The van der Waals surface area contributed by atoms with Gasteiger partial charge in [0.25, 0.3) is 5.56 Å². The summed E-state index contributed by atoms with van der Waals surface area (Å²) in [5.74, 6) is -0.794. The van der Waals surface area contributed by atoms with Crippen molar-refractivity contribution in [3.05, 3.63) is 94.3 Å². The number of nitrogens with two attached hydrogens (primary N) is 1. The van der Waals surface area contributed by atoms with E-state index < -0.39 is 11.2 Å². The van der Waals surface area contributed by atoms with Crippen molar-refractivity contribution in [3.8, 4) is 5.69 Å². The molecule has 1 heterocycles. The van der Waals surface area contributed by atoms with Crippen LogP contribution < -0.4 is 16.6 Å². The molecule has 0 fully saturated rings. The van der Waals surface area contributed by atoms with E-state index in [2.05, 4.69) is 10.3 Å². The minimum Gasteiger partial charge on any atom is -0.366 e. The van der Waals surface area contributed by atoms with Crippen molar-refractivity contribution in [3.63, 3.8) is 0 Å². The van der Waals surface area contributed by atoms with E-state index in [1.165, 1.54) is 16.3 Å². The summed E-state index contributed by atoms with van der Waals surface area (Å²) in [5, 5.41) is 3.20. The Morgan fingerprint density at radius 1 is 1.00 bits per heavy atom. The molecule has 1 unspecified atom stereocenters. The highest BCUT2D eigenvalue weighted by Crippen LogP contribution is 2.26. The quantitative estimate of drug-likeness (QED) is 0.336. The van der Waals surface area contributed by atoms with Crippen LogP contribution >= 0.6 is 11.8 Å². The van der Waals surface area contributed by atoms with Crippen LogP contribution in [-0.4, -0.2) is 26.6 Å². The van der Waals surface area contributed by atoms with Gasteiger partial charge in [-0.3, -0.25) is 19.0 Å². The van der Waals surface area contributed by atoms with Gasteiger partial charge < -0.3 is 11.1 Å². The number of aryl methyl sites for hydroxylation is 1. The summed E-state index contributed by atoms with van der Waals surface area (Å²) >= 11 is 1.20. The summed E-state index contributed by atoms with van der Waals surface area (Å²) < 4.78 is 1.54. The number of nitrogens with zero attached hydrogens (tertiary/aromatic N) is 2. The van der Waals surface area contributed by atoms with Crippen molar-refractivity contribution in [2.45, 2.75) is 24.3 Å². The van der Waals surface area contributed by atoms with E-state index in [-0.39, 0.29) is 11.5 Å². The first kappa shape index (κ1) is 22.3. The minimum absolute atomic E-state index is 0.193. The third-order valence-corrected chi connectivity index (χ3v) is 6.18. The van der Waals surface area contributed by atoms with Crippen LogP contribution in [0.3, 0.4) is 0 Å². The molecular weight excluding hydrogens is 436 g/mol. The number of rotatable bonds is 6. The Bertz CT molecular complexity index is 1400. The average Bonchev–Trinajstić information content (AvgIpc) is 2.80. The Balaban J connectivity index is 1.66. The normalized spacial score (nSPS) is 11.8. The average molecular weight is 459 g/mol. The maximum atomic E-state index is 13.3. The van der Waals surface area contributed by atoms with Crippen LogP contribution in [0.5, 0.6) is 0 Å². The molecule has 4 rings (SSSR count). The number of para-hydroxylation sites is 1. The molecule has 4 aromatic rings. The number of primary amides is 1. The molecule has 0 aliphatic carbocycles. The van der Waals surface area contributed by atoms with Gasteiger partial charge in [0.2, 0.25) is 11.8 Å². The molecule has 0 bridgehead atoms. The van der Waals surface area contributed by atoms with Crippen molar-refractivity contribution in [2.75, 3.05) is 5.32 Å². The fraction of sp³-hybridized carbons (Fsp3) is 0.120. The van der Waals surface area contributed by atoms with E-state index in [0.29, 0.717) is 33.0 Å². The molecule has 2 amide bonds. The van der Waals surface area contributed by atoms with E-state index in [4.69, 9.17) is 5.73 Å². The van der Waals surface area contributed by atoms with Crippen LogP contribution in [0.25, 0.3) is 16.6 Å². The van der Waals surface area contributed by atoms with Gasteiger partial charge in [-0.15, -0.1) is 0 Å². The van der Waals surface area contributed by atoms with Gasteiger partial charge in [0, 0.05) is 11.3 Å². The number of hydrogen-bond donors (Lipinski definition) is 2. The summed E-state index contributed by atoms with van der Waals surface area (Å²) in [6.45, 7) is 3.72. The second-order valence-corrected chi connectivity index (χ2v) is 8.89. The predicted octanol–water partition coefficient (Wildman–Crippen LogP) is 3.91. The molecule has 33 heavy (non-hydrogen) atoms. The predicted molar refractivity (Wildman–Crippen MR) is 131 cm³/mol. The second kappa shape index (κ2) is 9.30. The Labute approximate surface area is 194 Å². The van der Waals surface area contributed by atoms with Crippen LogP contribution in [0.4, 0.5) is 5.69 Å². The molecule has 0 saturated heterocycles. The number of thioether (sulfide) groups is 1. The van der Waals surface area contributed by atoms with Gasteiger partial charge in [0.1, 0.15) is 0 Å². The van der Waals surface area contributed by atoms with E-state index in [0.717, 1.165) is 5.56 Å². The fourth-order valence-electron chi connectivity index (χ4n) is 3.29. The van der Waals surface area contributed by atoms with Crippen LogP contribution in [-0.2, 0) is 4.79 Å². The van der Waals surface area contributed by atoms with Crippen LogP contribution in [0.15, 0.2) is 82.7 Å². The standard InChI is InChI=1S/C25H22N4O3S/c1-15-7-13-19(14-8-15)29-24(32)20-5-3-4-6-21(20)28-25(29)33-16(2)23(31)27-18-11-9-17(10-12-18)22(26)30/h3-14,16H,1-2H3,(H2,26,30)(H,27,31). The summed E-state index contributed by atoms with van der Waals surface area (Å²) in [6, 6.07) is 21.1. The van der Waals surface area contributed by atoms with Crippen LogP contribution in [0.1, 0.15) is 22.8 Å². The van der Waals surface area contributed by atoms with Gasteiger partial charge in [0.15, 0.2) is 5.16 Å². The van der Waals surface area contributed by atoms with Gasteiger partial charge in [-0.05, 0) is 62.4 Å². The first-order valence-corrected chi connectivity index (χ1v) is 11.2. The first-order valence-electron chi connectivity index (χ1n) is 10.3. The van der Waals surface area contributed by atoms with E-state index in [1.807, 2.05) is 37.3 Å². The molecular formula is C25H22N4O3S. The zero-order chi connectivity index (χ0) is 23.5. The van der Waals surface area contributed by atoms with E-state index in [9.17, 15) is 14.4 Å². The molecule has 0 radical (unpaired) electrons. The molecule has 0 aliphatic heterocycles. The zero-order valence-corrected chi connectivity index (χ0v) is 18.9. The zero-order valence-electron chi connectivity index (χ0n) is 18.1.